The van der Waals surface area contributed by atoms with Crippen LogP contribution >= 0.6 is 0 Å². The lowest BCUT2D eigenvalue weighted by atomic mass is 9.97. The smallest absolute Gasteiger partial charge is 0.376 e. The van der Waals surface area contributed by atoms with Crippen LogP contribution in [0.3, 0.4) is 0 Å². The lowest BCUT2D eigenvalue weighted by Gasteiger charge is -2.26. The second-order valence-electron chi connectivity index (χ2n) is 7.31. The van der Waals surface area contributed by atoms with E-state index in [2.05, 4.69) is 25.6 Å². The van der Waals surface area contributed by atoms with E-state index in [4.69, 9.17) is 0 Å². The first kappa shape index (κ1) is 19.6. The number of nitrogens with one attached hydrogen (secondary N) is 2. The van der Waals surface area contributed by atoms with Crippen molar-refractivity contribution in [1.82, 2.24) is 24.7 Å². The first-order valence-electron chi connectivity index (χ1n) is 9.33. The van der Waals surface area contributed by atoms with Crippen molar-refractivity contribution in [1.29, 1.82) is 0 Å². The number of pyridine rings is 1. The predicted molar refractivity (Wildman–Crippen MR) is 101 cm³/mol. The maximum atomic E-state index is 13.2. The van der Waals surface area contributed by atoms with Gasteiger partial charge in [-0.1, -0.05) is 6.07 Å². The van der Waals surface area contributed by atoms with Crippen LogP contribution in [0.25, 0.3) is 17.0 Å². The van der Waals surface area contributed by atoms with Gasteiger partial charge in [0.1, 0.15) is 5.65 Å². The van der Waals surface area contributed by atoms with Crippen molar-refractivity contribution in [3.63, 3.8) is 0 Å². The van der Waals surface area contributed by atoms with Crippen LogP contribution in [0.2, 0.25) is 0 Å². The van der Waals surface area contributed by atoms with E-state index in [1.165, 1.54) is 28.9 Å². The van der Waals surface area contributed by atoms with Crippen LogP contribution in [-0.2, 0) is 5.60 Å². The fraction of sp³-hybridized carbons (Fsp3) is 0.421. The Bertz CT molecular complexity index is 1010. The molecule has 0 aromatic carbocycles. The number of imidazole rings is 1. The summed E-state index contributed by atoms with van der Waals surface area (Å²) in [5.41, 5.74) is -1.78. The summed E-state index contributed by atoms with van der Waals surface area (Å²) in [7, 11) is 0. The highest BCUT2D eigenvalue weighted by Gasteiger charge is 2.51. The Morgan fingerprint density at radius 3 is 2.79 bits per heavy atom. The number of alkyl halides is 3. The van der Waals surface area contributed by atoms with Gasteiger partial charge in [-0.05, 0) is 38.4 Å². The number of rotatable bonds is 4. The molecule has 2 atom stereocenters. The Labute approximate surface area is 165 Å². The molecule has 0 amide bonds. The van der Waals surface area contributed by atoms with Crippen molar-refractivity contribution < 1.29 is 18.3 Å². The van der Waals surface area contributed by atoms with Gasteiger partial charge in [-0.2, -0.15) is 13.2 Å². The molecule has 3 aromatic rings. The van der Waals surface area contributed by atoms with E-state index in [1.54, 1.807) is 12.3 Å². The minimum absolute atomic E-state index is 0.217. The van der Waals surface area contributed by atoms with Gasteiger partial charge in [0.2, 0.25) is 5.95 Å². The van der Waals surface area contributed by atoms with Crippen molar-refractivity contribution in [2.45, 2.75) is 37.6 Å². The summed E-state index contributed by atoms with van der Waals surface area (Å²) in [6.07, 6.45) is 1.64. The van der Waals surface area contributed by atoms with E-state index >= 15 is 0 Å². The summed E-state index contributed by atoms with van der Waals surface area (Å²) < 4.78 is 41.2. The summed E-state index contributed by atoms with van der Waals surface area (Å²) in [6.45, 7) is 2.54. The van der Waals surface area contributed by atoms with Crippen LogP contribution in [-0.4, -0.2) is 49.8 Å². The summed E-state index contributed by atoms with van der Waals surface area (Å²) in [6, 6.07) is 4.55. The molecule has 10 heteroatoms. The highest BCUT2D eigenvalue weighted by Crippen LogP contribution is 2.38. The molecule has 4 heterocycles. The Kier molecular flexibility index (Phi) is 4.91. The van der Waals surface area contributed by atoms with E-state index in [1.807, 2.05) is 0 Å². The second kappa shape index (κ2) is 7.27. The van der Waals surface area contributed by atoms with E-state index < -0.39 is 11.8 Å². The standard InChI is InChI=1S/C19H21F3N6O/c1-18(29,19(20,21)22)12-4-5-16-25-10-15(28(16)11-12)14-6-8-24-17(27-14)26-13-3-2-7-23-9-13/h4-6,8,10-11,13,23,29H,2-3,7,9H2,1H3,(H,24,26,27)/t13?,18-/m1/s1. The highest BCUT2D eigenvalue weighted by molar-refractivity contribution is 5.61. The third-order valence-corrected chi connectivity index (χ3v) is 5.17. The third-order valence-electron chi connectivity index (χ3n) is 5.17. The molecule has 0 saturated carbocycles. The van der Waals surface area contributed by atoms with Crippen molar-refractivity contribution >= 4 is 11.6 Å². The molecule has 1 fully saturated rings. The molecule has 1 saturated heterocycles. The molecule has 3 aromatic heterocycles. The number of hydrogen-bond acceptors (Lipinski definition) is 6. The van der Waals surface area contributed by atoms with Crippen molar-refractivity contribution in [3.05, 3.63) is 42.4 Å². The minimum atomic E-state index is -4.80. The molecule has 4 rings (SSSR count). The fourth-order valence-electron chi connectivity index (χ4n) is 3.35. The number of nitrogens with zero attached hydrogens (tertiary/aromatic N) is 4. The molecular formula is C19H21F3N6O. The summed E-state index contributed by atoms with van der Waals surface area (Å²) in [4.78, 5) is 13.0. The third kappa shape index (κ3) is 3.77. The monoisotopic (exact) mass is 406 g/mol. The highest BCUT2D eigenvalue weighted by atomic mass is 19.4. The molecule has 0 spiro atoms. The van der Waals surface area contributed by atoms with Gasteiger partial charge < -0.3 is 15.7 Å². The van der Waals surface area contributed by atoms with Gasteiger partial charge >= 0.3 is 6.18 Å². The predicted octanol–water partition coefficient (Wildman–Crippen LogP) is 2.73. The van der Waals surface area contributed by atoms with Gasteiger partial charge in [0.05, 0.1) is 17.6 Å². The van der Waals surface area contributed by atoms with E-state index in [0.717, 1.165) is 32.9 Å². The number of aromatic nitrogens is 4. The zero-order valence-corrected chi connectivity index (χ0v) is 15.7. The summed E-state index contributed by atoms with van der Waals surface area (Å²) in [5.74, 6) is 0.449. The van der Waals surface area contributed by atoms with Crippen LogP contribution < -0.4 is 10.6 Å². The van der Waals surface area contributed by atoms with Gasteiger partial charge in [-0.3, -0.25) is 4.40 Å². The Balaban J connectivity index is 1.69. The molecule has 1 aliphatic heterocycles. The first-order valence-corrected chi connectivity index (χ1v) is 9.33. The van der Waals surface area contributed by atoms with Crippen LogP contribution in [0.5, 0.6) is 0 Å². The normalized spacial score (nSPS) is 19.8. The molecular weight excluding hydrogens is 385 g/mol. The van der Waals surface area contributed by atoms with Gasteiger partial charge in [0.25, 0.3) is 0 Å². The maximum Gasteiger partial charge on any atom is 0.421 e. The number of anilines is 1. The molecule has 0 aliphatic carbocycles. The average molecular weight is 406 g/mol. The number of hydrogen-bond donors (Lipinski definition) is 3. The molecule has 1 aliphatic rings. The van der Waals surface area contributed by atoms with Gasteiger partial charge in [0, 0.05) is 30.5 Å². The second-order valence-corrected chi connectivity index (χ2v) is 7.31. The summed E-state index contributed by atoms with van der Waals surface area (Å²) in [5, 5.41) is 16.6. The molecule has 0 radical (unpaired) electrons. The zero-order valence-electron chi connectivity index (χ0n) is 15.7. The van der Waals surface area contributed by atoms with Crippen molar-refractivity contribution in [2.75, 3.05) is 18.4 Å². The number of fused-ring (bicyclic) bond motifs is 1. The molecule has 3 N–H and O–H groups in total. The Hall–Kier alpha value is -2.72. The molecule has 154 valence electrons. The van der Waals surface area contributed by atoms with Crippen LogP contribution in [0.1, 0.15) is 25.3 Å². The summed E-state index contributed by atoms with van der Waals surface area (Å²) >= 11 is 0. The quantitative estimate of drug-likeness (QED) is 0.618. The Morgan fingerprint density at radius 1 is 1.24 bits per heavy atom. The van der Waals surface area contributed by atoms with Gasteiger partial charge in [-0.25, -0.2) is 15.0 Å². The SMILES string of the molecule is C[C@@](O)(c1ccc2ncc(-c3ccnc(NC4CCCNC4)n3)n2c1)C(F)(F)F. The van der Waals surface area contributed by atoms with Crippen molar-refractivity contribution in [2.24, 2.45) is 0 Å². The fourth-order valence-corrected chi connectivity index (χ4v) is 3.35. The average Bonchev–Trinajstić information content (AvgIpc) is 3.11. The molecule has 29 heavy (non-hydrogen) atoms. The van der Waals surface area contributed by atoms with Gasteiger partial charge in [-0.15, -0.1) is 0 Å². The van der Waals surface area contributed by atoms with E-state index in [-0.39, 0.29) is 11.6 Å². The molecule has 7 nitrogen and oxygen atoms in total. The van der Waals surface area contributed by atoms with Crippen LogP contribution in [0.15, 0.2) is 36.8 Å². The largest absolute Gasteiger partial charge is 0.421 e. The minimum Gasteiger partial charge on any atom is -0.376 e. The molecule has 1 unspecified atom stereocenters. The lowest BCUT2D eigenvalue weighted by molar-refractivity contribution is -0.259. The topological polar surface area (TPSA) is 87.4 Å². The van der Waals surface area contributed by atoms with E-state index in [9.17, 15) is 18.3 Å². The number of piperidine rings is 1. The maximum absolute atomic E-state index is 13.2. The van der Waals surface area contributed by atoms with E-state index in [0.29, 0.717) is 23.0 Å². The van der Waals surface area contributed by atoms with Crippen molar-refractivity contribution in [3.8, 4) is 11.4 Å². The Morgan fingerprint density at radius 2 is 2.07 bits per heavy atom. The number of halogens is 3. The lowest BCUT2D eigenvalue weighted by Crippen LogP contribution is -2.39. The molecule has 0 bridgehead atoms. The van der Waals surface area contributed by atoms with Crippen LogP contribution in [0, 0.1) is 0 Å². The number of aliphatic hydroxyl groups is 1. The zero-order chi connectivity index (χ0) is 20.6. The van der Waals surface area contributed by atoms with Gasteiger partial charge in [0.15, 0.2) is 5.60 Å². The first-order chi connectivity index (χ1) is 13.8. The van der Waals surface area contributed by atoms with Crippen LogP contribution in [0.4, 0.5) is 19.1 Å².